The van der Waals surface area contributed by atoms with Gasteiger partial charge in [-0.1, -0.05) is 19.1 Å². The average molecular weight is 312 g/mol. The summed E-state index contributed by atoms with van der Waals surface area (Å²) < 4.78 is 3.72. The number of tetrazole rings is 1. The van der Waals surface area contributed by atoms with E-state index in [1.165, 1.54) is 5.56 Å². The zero-order chi connectivity index (χ0) is 16.1. The smallest absolute Gasteiger partial charge is 0.143 e. The lowest BCUT2D eigenvalue weighted by Gasteiger charge is -2.15. The van der Waals surface area contributed by atoms with Gasteiger partial charge in [0.25, 0.3) is 0 Å². The number of nitrogens with one attached hydrogen (secondary N) is 1. The Morgan fingerprint density at radius 2 is 1.96 bits per heavy atom. The fraction of sp³-hybridized carbons (Fsp3) is 0.400. The van der Waals surface area contributed by atoms with Crippen LogP contribution in [0.1, 0.15) is 31.3 Å². The summed E-state index contributed by atoms with van der Waals surface area (Å²) in [5.41, 5.74) is 2.17. The summed E-state index contributed by atoms with van der Waals surface area (Å²) in [5, 5.41) is 22.7. The van der Waals surface area contributed by atoms with Crippen molar-refractivity contribution in [1.29, 1.82) is 0 Å². The molecule has 3 aromatic rings. The monoisotopic (exact) mass is 312 g/mol. The predicted octanol–water partition coefficient (Wildman–Crippen LogP) is 1.17. The fourth-order valence-corrected chi connectivity index (χ4v) is 2.45. The second kappa shape index (κ2) is 7.10. The summed E-state index contributed by atoms with van der Waals surface area (Å²) >= 11 is 0. The highest BCUT2D eigenvalue weighted by molar-refractivity contribution is 5.34. The molecule has 0 amide bonds. The fourth-order valence-electron chi connectivity index (χ4n) is 2.45. The molecule has 2 aromatic heterocycles. The first-order valence-corrected chi connectivity index (χ1v) is 7.71. The lowest BCUT2D eigenvalue weighted by atomic mass is 10.1. The van der Waals surface area contributed by atoms with Crippen molar-refractivity contribution in [3.05, 3.63) is 48.3 Å². The zero-order valence-electron chi connectivity index (χ0n) is 13.3. The molecule has 0 spiro atoms. The minimum Gasteiger partial charge on any atom is -0.316 e. The Hall–Kier alpha value is -2.61. The predicted molar refractivity (Wildman–Crippen MR) is 85.0 cm³/mol. The molecule has 0 fully saturated rings. The van der Waals surface area contributed by atoms with Crippen LogP contribution >= 0.6 is 0 Å². The highest BCUT2D eigenvalue weighted by Crippen LogP contribution is 2.14. The molecule has 0 saturated heterocycles. The third-order valence-corrected chi connectivity index (χ3v) is 3.82. The van der Waals surface area contributed by atoms with Crippen LogP contribution in [0.4, 0.5) is 0 Å². The van der Waals surface area contributed by atoms with E-state index in [2.05, 4.69) is 61.6 Å². The van der Waals surface area contributed by atoms with E-state index in [1.807, 2.05) is 12.1 Å². The molecule has 1 N–H and O–H groups in total. The van der Waals surface area contributed by atoms with Gasteiger partial charge in [0.05, 0.1) is 5.69 Å². The Morgan fingerprint density at radius 3 is 2.65 bits per heavy atom. The molecular formula is C15H20N8. The quantitative estimate of drug-likeness (QED) is 0.704. The van der Waals surface area contributed by atoms with E-state index in [4.69, 9.17) is 0 Å². The van der Waals surface area contributed by atoms with Crippen LogP contribution in [0.5, 0.6) is 0 Å². The van der Waals surface area contributed by atoms with Crippen molar-refractivity contribution in [2.24, 2.45) is 0 Å². The third-order valence-electron chi connectivity index (χ3n) is 3.82. The van der Waals surface area contributed by atoms with Crippen LogP contribution in [0.2, 0.25) is 0 Å². The minimum atomic E-state index is 0.263. The van der Waals surface area contributed by atoms with Gasteiger partial charge in [0, 0.05) is 25.6 Å². The average Bonchev–Trinajstić information content (AvgIpc) is 3.26. The van der Waals surface area contributed by atoms with Crippen molar-refractivity contribution in [3.63, 3.8) is 0 Å². The number of benzene rings is 1. The Bertz CT molecular complexity index is 716. The number of hydrogen-bond acceptors (Lipinski definition) is 6. The molecular weight excluding hydrogens is 292 g/mol. The van der Waals surface area contributed by atoms with Gasteiger partial charge in [0.1, 0.15) is 18.5 Å². The lowest BCUT2D eigenvalue weighted by molar-refractivity contribution is 0.522. The van der Waals surface area contributed by atoms with Gasteiger partial charge in [-0.3, -0.25) is 0 Å². The van der Waals surface area contributed by atoms with E-state index in [-0.39, 0.29) is 6.04 Å². The molecule has 3 rings (SSSR count). The Morgan fingerprint density at radius 1 is 1.13 bits per heavy atom. The molecule has 1 aromatic carbocycles. The first kappa shape index (κ1) is 15.3. The van der Waals surface area contributed by atoms with Crippen molar-refractivity contribution >= 4 is 0 Å². The molecule has 2 heterocycles. The van der Waals surface area contributed by atoms with Gasteiger partial charge >= 0.3 is 0 Å². The van der Waals surface area contributed by atoms with Crippen LogP contribution < -0.4 is 5.32 Å². The van der Waals surface area contributed by atoms with Gasteiger partial charge in [-0.15, -0.1) is 15.3 Å². The lowest BCUT2D eigenvalue weighted by Crippen LogP contribution is -2.23. The summed E-state index contributed by atoms with van der Waals surface area (Å²) in [6, 6.07) is 8.47. The van der Waals surface area contributed by atoms with E-state index >= 15 is 0 Å². The van der Waals surface area contributed by atoms with E-state index in [0.29, 0.717) is 0 Å². The van der Waals surface area contributed by atoms with E-state index in [9.17, 15) is 0 Å². The highest BCUT2D eigenvalue weighted by Gasteiger charge is 2.07. The molecule has 120 valence electrons. The van der Waals surface area contributed by atoms with Crippen molar-refractivity contribution < 1.29 is 0 Å². The van der Waals surface area contributed by atoms with Gasteiger partial charge in [-0.2, -0.15) is 0 Å². The zero-order valence-corrected chi connectivity index (χ0v) is 13.3. The van der Waals surface area contributed by atoms with Gasteiger partial charge in [-0.25, -0.2) is 4.68 Å². The molecule has 0 radical (unpaired) electrons. The first-order valence-electron chi connectivity index (χ1n) is 7.71. The summed E-state index contributed by atoms with van der Waals surface area (Å²) in [6.45, 7) is 5.96. The number of aromatic nitrogens is 7. The molecule has 23 heavy (non-hydrogen) atoms. The van der Waals surface area contributed by atoms with E-state index in [1.54, 1.807) is 17.3 Å². The second-order valence-electron chi connectivity index (χ2n) is 5.32. The van der Waals surface area contributed by atoms with Crippen LogP contribution in [0.25, 0.3) is 5.69 Å². The Labute approximate surface area is 134 Å². The number of aryl methyl sites for hydroxylation is 1. The van der Waals surface area contributed by atoms with Gasteiger partial charge in [0.2, 0.25) is 0 Å². The van der Waals surface area contributed by atoms with Crippen LogP contribution in [0.15, 0.2) is 36.9 Å². The van der Waals surface area contributed by atoms with Gasteiger partial charge in [-0.05, 0) is 35.0 Å². The van der Waals surface area contributed by atoms with Crippen LogP contribution in [0.3, 0.4) is 0 Å². The topological polar surface area (TPSA) is 86.3 Å². The second-order valence-corrected chi connectivity index (χ2v) is 5.32. The largest absolute Gasteiger partial charge is 0.316 e. The maximum absolute atomic E-state index is 4.09. The molecule has 8 nitrogen and oxygen atoms in total. The summed E-state index contributed by atoms with van der Waals surface area (Å²) in [7, 11) is 0. The van der Waals surface area contributed by atoms with Crippen LogP contribution in [-0.2, 0) is 13.0 Å². The van der Waals surface area contributed by atoms with Crippen molar-refractivity contribution in [3.8, 4) is 5.69 Å². The normalized spacial score (nSPS) is 12.4. The summed E-state index contributed by atoms with van der Waals surface area (Å²) in [6.07, 6.45) is 4.27. The SMILES string of the molecule is CCc1nncn1CCN[C@H](C)c1ccc(-n2cnnn2)cc1. The van der Waals surface area contributed by atoms with Crippen LogP contribution in [-0.4, -0.2) is 41.5 Å². The Balaban J connectivity index is 1.55. The van der Waals surface area contributed by atoms with Crippen molar-refractivity contribution in [1.82, 2.24) is 40.3 Å². The molecule has 0 unspecified atom stereocenters. The number of nitrogens with zero attached hydrogens (tertiary/aromatic N) is 7. The molecule has 0 aliphatic rings. The van der Waals surface area contributed by atoms with Gasteiger partial charge < -0.3 is 9.88 Å². The molecule has 0 aliphatic heterocycles. The molecule has 0 bridgehead atoms. The maximum atomic E-state index is 4.09. The van der Waals surface area contributed by atoms with Gasteiger partial charge in [0.15, 0.2) is 0 Å². The highest BCUT2D eigenvalue weighted by atomic mass is 15.5. The van der Waals surface area contributed by atoms with Crippen molar-refractivity contribution in [2.45, 2.75) is 32.9 Å². The molecule has 0 aliphatic carbocycles. The number of hydrogen-bond donors (Lipinski definition) is 1. The van der Waals surface area contributed by atoms with E-state index < -0.39 is 0 Å². The van der Waals surface area contributed by atoms with Crippen LogP contribution in [0, 0.1) is 0 Å². The third kappa shape index (κ3) is 3.59. The number of rotatable bonds is 7. The molecule has 8 heteroatoms. The minimum absolute atomic E-state index is 0.263. The molecule has 1 atom stereocenters. The summed E-state index contributed by atoms with van der Waals surface area (Å²) in [4.78, 5) is 0. The van der Waals surface area contributed by atoms with E-state index in [0.717, 1.165) is 31.0 Å². The Kier molecular flexibility index (Phi) is 4.72. The molecule has 0 saturated carbocycles. The first-order chi connectivity index (χ1) is 11.3. The standard InChI is InChI=1S/C15H20N8/c1-3-15-19-17-10-22(15)9-8-16-12(2)13-4-6-14(7-5-13)23-11-18-20-21-23/h4-7,10-12,16H,3,8-9H2,1-2H3/t12-/m1/s1. The van der Waals surface area contributed by atoms with Crippen molar-refractivity contribution in [2.75, 3.05) is 6.54 Å². The maximum Gasteiger partial charge on any atom is 0.143 e. The summed E-state index contributed by atoms with van der Waals surface area (Å²) in [5.74, 6) is 1.02.